The Morgan fingerprint density at radius 3 is 2.72 bits per heavy atom. The lowest BCUT2D eigenvalue weighted by molar-refractivity contribution is 0.222. The first kappa shape index (κ1) is 12.5. The fourth-order valence-corrected chi connectivity index (χ4v) is 3.69. The highest BCUT2D eigenvalue weighted by Crippen LogP contribution is 2.30. The van der Waals surface area contributed by atoms with E-state index in [1.54, 1.807) is 0 Å². The topological polar surface area (TPSA) is 30.5 Å². The Hall–Kier alpha value is -0.580. The van der Waals surface area contributed by atoms with Crippen molar-refractivity contribution in [2.75, 3.05) is 40.3 Å². The molecule has 0 aromatic rings. The first-order valence-electron chi connectivity index (χ1n) is 7.25. The van der Waals surface area contributed by atoms with Crippen LogP contribution in [0.4, 0.5) is 0 Å². The van der Waals surface area contributed by atoms with Crippen molar-refractivity contribution in [3.63, 3.8) is 0 Å². The summed E-state index contributed by atoms with van der Waals surface area (Å²) >= 11 is 0. The lowest BCUT2D eigenvalue weighted by Crippen LogP contribution is -2.41. The maximum Gasteiger partial charge on any atom is 0.0678 e. The molecular formula is C14H26N4. The summed E-state index contributed by atoms with van der Waals surface area (Å²) in [7, 11) is 4.47. The Labute approximate surface area is 110 Å². The molecule has 0 spiro atoms. The highest BCUT2D eigenvalue weighted by atomic mass is 15.3. The molecule has 4 atom stereocenters. The first-order valence-corrected chi connectivity index (χ1v) is 7.25. The second-order valence-electron chi connectivity index (χ2n) is 6.32. The van der Waals surface area contributed by atoms with Gasteiger partial charge in [0.25, 0.3) is 0 Å². The standard InChI is InChI=1S/C14H26N4/c1-10-6-12(16-8-10)13-7-11(9-18(13)3)14-15-4-5-17(14)2/h7,10-12,14-16H,4-6,8-9H2,1-3H3. The van der Waals surface area contributed by atoms with Crippen molar-refractivity contribution in [1.82, 2.24) is 20.4 Å². The van der Waals surface area contributed by atoms with Gasteiger partial charge in [0.05, 0.1) is 6.17 Å². The van der Waals surface area contributed by atoms with E-state index in [1.165, 1.54) is 25.2 Å². The van der Waals surface area contributed by atoms with Crippen LogP contribution in [0.3, 0.4) is 0 Å². The molecule has 0 bridgehead atoms. The van der Waals surface area contributed by atoms with E-state index in [4.69, 9.17) is 0 Å². The predicted molar refractivity (Wildman–Crippen MR) is 74.2 cm³/mol. The minimum Gasteiger partial charge on any atom is -0.376 e. The number of likely N-dealkylation sites (N-methyl/N-ethyl adjacent to an activating group) is 2. The van der Waals surface area contributed by atoms with Crippen LogP contribution in [0.5, 0.6) is 0 Å². The molecule has 18 heavy (non-hydrogen) atoms. The third kappa shape index (κ3) is 2.17. The van der Waals surface area contributed by atoms with Gasteiger partial charge in [-0.25, -0.2) is 0 Å². The van der Waals surface area contributed by atoms with E-state index >= 15 is 0 Å². The molecule has 0 aromatic heterocycles. The summed E-state index contributed by atoms with van der Waals surface area (Å²) in [4.78, 5) is 4.90. The van der Waals surface area contributed by atoms with Gasteiger partial charge in [-0.15, -0.1) is 0 Å². The molecule has 2 saturated heterocycles. The van der Waals surface area contributed by atoms with E-state index in [1.807, 2.05) is 0 Å². The average molecular weight is 250 g/mol. The summed E-state index contributed by atoms with van der Waals surface area (Å²) in [5, 5.41) is 7.28. The van der Waals surface area contributed by atoms with Gasteiger partial charge in [0.15, 0.2) is 0 Å². The smallest absolute Gasteiger partial charge is 0.0678 e. The van der Waals surface area contributed by atoms with Crippen LogP contribution < -0.4 is 10.6 Å². The zero-order valence-corrected chi connectivity index (χ0v) is 11.8. The van der Waals surface area contributed by atoms with Crippen LogP contribution >= 0.6 is 0 Å². The fraction of sp³-hybridized carbons (Fsp3) is 0.857. The third-order valence-electron chi connectivity index (χ3n) is 4.72. The molecule has 3 heterocycles. The van der Waals surface area contributed by atoms with E-state index < -0.39 is 0 Å². The minimum atomic E-state index is 0.531. The van der Waals surface area contributed by atoms with Crippen molar-refractivity contribution in [2.24, 2.45) is 11.8 Å². The molecule has 0 aromatic carbocycles. The van der Waals surface area contributed by atoms with Crippen LogP contribution in [0.1, 0.15) is 13.3 Å². The monoisotopic (exact) mass is 250 g/mol. The number of hydrogen-bond donors (Lipinski definition) is 2. The van der Waals surface area contributed by atoms with Gasteiger partial charge in [0, 0.05) is 44.3 Å². The van der Waals surface area contributed by atoms with Crippen molar-refractivity contribution >= 4 is 0 Å². The summed E-state index contributed by atoms with van der Waals surface area (Å²) in [6.07, 6.45) is 4.33. The van der Waals surface area contributed by atoms with Crippen LogP contribution in [0.15, 0.2) is 11.8 Å². The molecular weight excluding hydrogens is 224 g/mol. The molecule has 102 valence electrons. The SMILES string of the molecule is CC1CNC(C2=CC(C3NCCN3C)CN2C)C1. The zero-order chi connectivity index (χ0) is 12.7. The van der Waals surface area contributed by atoms with E-state index in [0.717, 1.165) is 19.0 Å². The molecule has 0 saturated carbocycles. The summed E-state index contributed by atoms with van der Waals surface area (Å²) in [5.74, 6) is 1.45. The Kier molecular flexibility index (Phi) is 3.34. The molecule has 3 aliphatic heterocycles. The molecule has 4 nitrogen and oxygen atoms in total. The van der Waals surface area contributed by atoms with E-state index in [-0.39, 0.29) is 0 Å². The summed E-state index contributed by atoms with van der Waals surface area (Å²) < 4.78 is 0. The van der Waals surface area contributed by atoms with E-state index in [0.29, 0.717) is 18.1 Å². The van der Waals surface area contributed by atoms with Gasteiger partial charge in [-0.2, -0.15) is 0 Å². The van der Waals surface area contributed by atoms with E-state index in [9.17, 15) is 0 Å². The van der Waals surface area contributed by atoms with Gasteiger partial charge in [-0.3, -0.25) is 10.2 Å². The summed E-state index contributed by atoms with van der Waals surface area (Å²) in [5.41, 5.74) is 1.52. The van der Waals surface area contributed by atoms with Gasteiger partial charge in [0.1, 0.15) is 0 Å². The average Bonchev–Trinajstić information content (AvgIpc) is 2.99. The molecule has 2 N–H and O–H groups in total. The van der Waals surface area contributed by atoms with Crippen molar-refractivity contribution in [3.8, 4) is 0 Å². The van der Waals surface area contributed by atoms with Crippen molar-refractivity contribution in [2.45, 2.75) is 25.6 Å². The molecule has 3 aliphatic rings. The number of nitrogens with one attached hydrogen (secondary N) is 2. The fourth-order valence-electron chi connectivity index (χ4n) is 3.69. The second kappa shape index (κ2) is 4.83. The Morgan fingerprint density at radius 1 is 1.28 bits per heavy atom. The normalized spacial score (nSPS) is 41.7. The zero-order valence-electron chi connectivity index (χ0n) is 11.8. The molecule has 4 unspecified atom stereocenters. The van der Waals surface area contributed by atoms with Crippen LogP contribution in [0.25, 0.3) is 0 Å². The first-order chi connectivity index (χ1) is 8.65. The lowest BCUT2D eigenvalue weighted by atomic mass is 10.0. The van der Waals surface area contributed by atoms with Gasteiger partial charge < -0.3 is 10.2 Å². The van der Waals surface area contributed by atoms with Gasteiger partial charge >= 0.3 is 0 Å². The third-order valence-corrected chi connectivity index (χ3v) is 4.72. The molecule has 3 rings (SSSR count). The van der Waals surface area contributed by atoms with Crippen LogP contribution in [-0.4, -0.2) is 62.3 Å². The number of nitrogens with zero attached hydrogens (tertiary/aromatic N) is 2. The molecule has 0 aliphatic carbocycles. The highest BCUT2D eigenvalue weighted by molar-refractivity contribution is 5.20. The maximum atomic E-state index is 3.66. The van der Waals surface area contributed by atoms with Crippen molar-refractivity contribution in [3.05, 3.63) is 11.8 Å². The Balaban J connectivity index is 1.70. The largest absolute Gasteiger partial charge is 0.376 e. The van der Waals surface area contributed by atoms with Crippen LogP contribution in [0.2, 0.25) is 0 Å². The molecule has 0 radical (unpaired) electrons. The summed E-state index contributed by atoms with van der Waals surface area (Å²) in [6.45, 7) is 6.97. The molecule has 2 fully saturated rings. The van der Waals surface area contributed by atoms with Crippen LogP contribution in [-0.2, 0) is 0 Å². The quantitative estimate of drug-likeness (QED) is 0.737. The van der Waals surface area contributed by atoms with Crippen molar-refractivity contribution in [1.29, 1.82) is 0 Å². The lowest BCUT2D eigenvalue weighted by Gasteiger charge is -2.26. The molecule has 4 heteroatoms. The number of hydrogen-bond acceptors (Lipinski definition) is 4. The summed E-state index contributed by atoms with van der Waals surface area (Å²) in [6, 6.07) is 0.585. The minimum absolute atomic E-state index is 0.531. The van der Waals surface area contributed by atoms with E-state index in [2.05, 4.69) is 47.5 Å². The van der Waals surface area contributed by atoms with Gasteiger partial charge in [-0.1, -0.05) is 13.0 Å². The van der Waals surface area contributed by atoms with Gasteiger partial charge in [-0.05, 0) is 25.9 Å². The number of rotatable bonds is 2. The Morgan fingerprint density at radius 2 is 2.11 bits per heavy atom. The second-order valence-corrected chi connectivity index (χ2v) is 6.32. The van der Waals surface area contributed by atoms with Crippen LogP contribution in [0, 0.1) is 11.8 Å². The van der Waals surface area contributed by atoms with Gasteiger partial charge in [0.2, 0.25) is 0 Å². The maximum absolute atomic E-state index is 3.66. The Bertz CT molecular complexity index is 341. The molecule has 0 amide bonds. The predicted octanol–water partition coefficient (Wildman–Crippen LogP) is 0.291. The highest BCUT2D eigenvalue weighted by Gasteiger charge is 2.36. The van der Waals surface area contributed by atoms with Crippen molar-refractivity contribution < 1.29 is 0 Å².